The van der Waals surface area contributed by atoms with E-state index in [0.29, 0.717) is 18.4 Å². The number of pyridine rings is 1. The van der Waals surface area contributed by atoms with E-state index in [0.717, 1.165) is 10.9 Å². The lowest BCUT2D eigenvalue weighted by molar-refractivity contribution is -0.127. The van der Waals surface area contributed by atoms with Crippen LogP contribution in [0, 0.1) is 12.8 Å². The quantitative estimate of drug-likeness (QED) is 0.697. The Hall–Kier alpha value is -2.72. The number of sulfonamides is 1. The predicted octanol–water partition coefficient (Wildman–Crippen LogP) is 2.50. The number of carbonyl (C=O) groups excluding carboxylic acids is 2. The van der Waals surface area contributed by atoms with Crippen LogP contribution >= 0.6 is 0 Å². The van der Waals surface area contributed by atoms with Gasteiger partial charge in [0.05, 0.1) is 5.52 Å². The average molecular weight is 449 g/mol. The first-order valence-corrected chi connectivity index (χ1v) is 11.6. The van der Waals surface area contributed by atoms with Crippen molar-refractivity contribution in [3.63, 3.8) is 0 Å². The number of aryl methyl sites for hydroxylation is 1. The summed E-state index contributed by atoms with van der Waals surface area (Å²) in [6.07, 6.45) is 1.59. The molecule has 2 amide bonds. The normalized spacial score (nSPS) is 16.1. The molecule has 1 fully saturated rings. The SMILES string of the molecule is Cc1cnc2c(S(=O)(=O)N3CCC(C(=O)NNC(=O)OC(C)(C)C)CC3)cccc2c1. The number of hydrazine groups is 1. The van der Waals surface area contributed by atoms with Crippen LogP contribution in [-0.4, -0.2) is 48.4 Å². The Labute approximate surface area is 182 Å². The number of para-hydroxylation sites is 1. The number of ether oxygens (including phenoxy) is 1. The fourth-order valence-electron chi connectivity index (χ4n) is 3.47. The van der Waals surface area contributed by atoms with E-state index in [-0.39, 0.29) is 23.9 Å². The number of carbonyl (C=O) groups is 2. The lowest BCUT2D eigenvalue weighted by Gasteiger charge is -2.30. The second-order valence-corrected chi connectivity index (χ2v) is 10.5. The molecule has 2 N–H and O–H groups in total. The Balaban J connectivity index is 1.63. The number of benzene rings is 1. The van der Waals surface area contributed by atoms with Crippen LogP contribution in [0.15, 0.2) is 35.4 Å². The highest BCUT2D eigenvalue weighted by atomic mass is 32.2. The first-order valence-electron chi connectivity index (χ1n) is 10.1. The van der Waals surface area contributed by atoms with E-state index >= 15 is 0 Å². The van der Waals surface area contributed by atoms with Crippen molar-refractivity contribution in [1.82, 2.24) is 20.1 Å². The Morgan fingerprint density at radius 2 is 1.84 bits per heavy atom. The van der Waals surface area contributed by atoms with E-state index in [9.17, 15) is 18.0 Å². The van der Waals surface area contributed by atoms with Crippen LogP contribution in [0.4, 0.5) is 4.79 Å². The molecule has 2 aromatic rings. The fraction of sp³-hybridized carbons (Fsp3) is 0.476. The van der Waals surface area contributed by atoms with Gasteiger partial charge in [-0.1, -0.05) is 12.1 Å². The van der Waals surface area contributed by atoms with Crippen molar-refractivity contribution in [2.24, 2.45) is 5.92 Å². The van der Waals surface area contributed by atoms with E-state index in [1.54, 1.807) is 39.1 Å². The van der Waals surface area contributed by atoms with Crippen LogP contribution < -0.4 is 10.9 Å². The van der Waals surface area contributed by atoms with Gasteiger partial charge >= 0.3 is 6.09 Å². The smallest absolute Gasteiger partial charge is 0.426 e. The maximum atomic E-state index is 13.2. The molecule has 9 nitrogen and oxygen atoms in total. The molecule has 0 spiro atoms. The third kappa shape index (κ3) is 5.50. The van der Waals surface area contributed by atoms with Crippen molar-refractivity contribution in [1.29, 1.82) is 0 Å². The molecule has 1 saturated heterocycles. The van der Waals surface area contributed by atoms with Crippen LogP contribution in [0.2, 0.25) is 0 Å². The third-order valence-corrected chi connectivity index (χ3v) is 6.87. The van der Waals surface area contributed by atoms with Gasteiger partial charge in [0, 0.05) is 30.6 Å². The summed E-state index contributed by atoms with van der Waals surface area (Å²) >= 11 is 0. The number of hydrogen-bond donors (Lipinski definition) is 2. The van der Waals surface area contributed by atoms with Gasteiger partial charge in [-0.05, 0) is 58.2 Å². The molecule has 1 aliphatic heterocycles. The number of nitrogens with one attached hydrogen (secondary N) is 2. The molecule has 0 radical (unpaired) electrons. The zero-order valence-corrected chi connectivity index (χ0v) is 19.0. The van der Waals surface area contributed by atoms with E-state index < -0.39 is 27.6 Å². The molecule has 3 rings (SSSR count). The molecule has 2 heterocycles. The first kappa shape index (κ1) is 23.0. The Morgan fingerprint density at radius 3 is 2.48 bits per heavy atom. The van der Waals surface area contributed by atoms with Gasteiger partial charge in [0.25, 0.3) is 0 Å². The molecule has 31 heavy (non-hydrogen) atoms. The van der Waals surface area contributed by atoms with Gasteiger partial charge < -0.3 is 4.74 Å². The van der Waals surface area contributed by atoms with E-state index in [2.05, 4.69) is 15.8 Å². The van der Waals surface area contributed by atoms with Gasteiger partial charge in [-0.3, -0.25) is 15.2 Å². The molecule has 1 aromatic carbocycles. The van der Waals surface area contributed by atoms with Crippen LogP contribution in [0.25, 0.3) is 10.9 Å². The minimum atomic E-state index is -3.75. The minimum Gasteiger partial charge on any atom is -0.443 e. The highest BCUT2D eigenvalue weighted by molar-refractivity contribution is 7.89. The van der Waals surface area contributed by atoms with Gasteiger partial charge in [0.1, 0.15) is 10.5 Å². The monoisotopic (exact) mass is 448 g/mol. The summed E-state index contributed by atoms with van der Waals surface area (Å²) in [6, 6.07) is 7.00. The van der Waals surface area contributed by atoms with E-state index in [1.807, 2.05) is 19.1 Å². The maximum absolute atomic E-state index is 13.2. The Morgan fingerprint density at radius 1 is 1.16 bits per heavy atom. The van der Waals surface area contributed by atoms with E-state index in [1.165, 1.54) is 4.31 Å². The van der Waals surface area contributed by atoms with Gasteiger partial charge in [0.15, 0.2) is 0 Å². The zero-order valence-electron chi connectivity index (χ0n) is 18.1. The standard InChI is InChI=1S/C21H28N4O5S/c1-14-12-16-6-5-7-17(18(16)22-13-14)31(28,29)25-10-8-15(9-11-25)19(26)23-24-20(27)30-21(2,3)4/h5-7,12-13,15H,8-11H2,1-4H3,(H,23,26)(H,24,27). The topological polar surface area (TPSA) is 118 Å². The molecule has 1 aromatic heterocycles. The second-order valence-electron chi connectivity index (χ2n) is 8.64. The number of amides is 2. The van der Waals surface area contributed by atoms with Crippen LogP contribution in [-0.2, 0) is 19.6 Å². The molecule has 168 valence electrons. The van der Waals surface area contributed by atoms with Gasteiger partial charge in [-0.15, -0.1) is 0 Å². The number of nitrogens with zero attached hydrogens (tertiary/aromatic N) is 2. The van der Waals surface area contributed by atoms with Crippen molar-refractivity contribution >= 4 is 32.9 Å². The van der Waals surface area contributed by atoms with Crippen LogP contribution in [0.5, 0.6) is 0 Å². The summed E-state index contributed by atoms with van der Waals surface area (Å²) in [5.74, 6) is -0.778. The lowest BCUT2D eigenvalue weighted by atomic mass is 9.98. The largest absolute Gasteiger partial charge is 0.443 e. The summed E-state index contributed by atoms with van der Waals surface area (Å²) in [5.41, 5.74) is 5.29. The summed E-state index contributed by atoms with van der Waals surface area (Å²) in [7, 11) is -3.75. The zero-order chi connectivity index (χ0) is 22.8. The highest BCUT2D eigenvalue weighted by Gasteiger charge is 2.33. The summed E-state index contributed by atoms with van der Waals surface area (Å²) in [6.45, 7) is 7.47. The van der Waals surface area contributed by atoms with Gasteiger partial charge in [-0.25, -0.2) is 18.6 Å². The Bertz CT molecular complexity index is 1090. The van der Waals surface area contributed by atoms with Crippen LogP contribution in [0.3, 0.4) is 0 Å². The Kier molecular flexibility index (Phi) is 6.51. The van der Waals surface area contributed by atoms with Crippen molar-refractivity contribution in [3.05, 3.63) is 36.0 Å². The summed E-state index contributed by atoms with van der Waals surface area (Å²) < 4.78 is 32.9. The highest BCUT2D eigenvalue weighted by Crippen LogP contribution is 2.28. The molecular weight excluding hydrogens is 420 g/mol. The second kappa shape index (κ2) is 8.80. The molecule has 0 unspecified atom stereocenters. The maximum Gasteiger partial charge on any atom is 0.426 e. The fourth-order valence-corrected chi connectivity index (χ4v) is 5.10. The number of piperidine rings is 1. The third-order valence-electron chi connectivity index (χ3n) is 4.94. The van der Waals surface area contributed by atoms with Crippen molar-refractivity contribution in [2.45, 2.75) is 51.0 Å². The first-order chi connectivity index (χ1) is 14.5. The van der Waals surface area contributed by atoms with Crippen molar-refractivity contribution < 1.29 is 22.7 Å². The summed E-state index contributed by atoms with van der Waals surface area (Å²) in [5, 5.41) is 0.767. The van der Waals surface area contributed by atoms with Crippen LogP contribution in [0.1, 0.15) is 39.2 Å². The number of rotatable bonds is 3. The summed E-state index contributed by atoms with van der Waals surface area (Å²) in [4.78, 5) is 28.5. The lowest BCUT2D eigenvalue weighted by Crippen LogP contribution is -2.49. The van der Waals surface area contributed by atoms with Crippen molar-refractivity contribution in [3.8, 4) is 0 Å². The number of hydrogen-bond acceptors (Lipinski definition) is 6. The predicted molar refractivity (Wildman–Crippen MR) is 115 cm³/mol. The van der Waals surface area contributed by atoms with E-state index in [4.69, 9.17) is 4.74 Å². The van der Waals surface area contributed by atoms with Gasteiger partial charge in [-0.2, -0.15) is 4.31 Å². The molecule has 1 aliphatic rings. The minimum absolute atomic E-state index is 0.166. The average Bonchev–Trinajstić information content (AvgIpc) is 2.70. The van der Waals surface area contributed by atoms with Gasteiger partial charge in [0.2, 0.25) is 15.9 Å². The number of fused-ring (bicyclic) bond motifs is 1. The molecule has 0 saturated carbocycles. The molecule has 0 atom stereocenters. The molecule has 0 aliphatic carbocycles. The molecule has 0 bridgehead atoms. The molecule has 10 heteroatoms. The molecular formula is C21H28N4O5S. The number of aromatic nitrogens is 1. The van der Waals surface area contributed by atoms with Crippen molar-refractivity contribution in [2.75, 3.05) is 13.1 Å².